The number of aromatic amines is 1. The number of aryl methyl sites for hydroxylation is 2. The SMILES string of the molecule is Cc1n[nH]c(C)c1CNCC(=O)NC(C)C.Cl. The van der Waals surface area contributed by atoms with E-state index in [4.69, 9.17) is 0 Å². The number of H-pyrrole nitrogens is 1. The number of hydrogen-bond acceptors (Lipinski definition) is 3. The lowest BCUT2D eigenvalue weighted by Gasteiger charge is -2.09. The molecular formula is C11H21ClN4O. The number of rotatable bonds is 5. The van der Waals surface area contributed by atoms with Gasteiger partial charge in [-0.15, -0.1) is 12.4 Å². The quantitative estimate of drug-likeness (QED) is 0.742. The number of hydrogen-bond donors (Lipinski definition) is 3. The molecule has 0 saturated heterocycles. The first kappa shape index (κ1) is 15.9. The van der Waals surface area contributed by atoms with Crippen LogP contribution in [0.3, 0.4) is 0 Å². The summed E-state index contributed by atoms with van der Waals surface area (Å²) in [6.45, 7) is 8.83. The Morgan fingerprint density at radius 3 is 2.53 bits per heavy atom. The van der Waals surface area contributed by atoms with Crippen LogP contribution in [-0.4, -0.2) is 28.7 Å². The highest BCUT2D eigenvalue weighted by atomic mass is 35.5. The van der Waals surface area contributed by atoms with Gasteiger partial charge in [0.15, 0.2) is 0 Å². The van der Waals surface area contributed by atoms with Gasteiger partial charge < -0.3 is 10.6 Å². The molecule has 5 nitrogen and oxygen atoms in total. The fourth-order valence-corrected chi connectivity index (χ4v) is 1.51. The first-order chi connectivity index (χ1) is 7.50. The highest BCUT2D eigenvalue weighted by Gasteiger charge is 2.07. The molecule has 0 unspecified atom stereocenters. The van der Waals surface area contributed by atoms with E-state index in [-0.39, 0.29) is 24.4 Å². The van der Waals surface area contributed by atoms with Crippen molar-refractivity contribution >= 4 is 18.3 Å². The van der Waals surface area contributed by atoms with Crippen LogP contribution in [0.15, 0.2) is 0 Å². The standard InChI is InChI=1S/C11H20N4O.ClH/c1-7(2)13-11(16)6-12-5-10-8(3)14-15-9(10)4;/h7,12H,5-6H2,1-4H3,(H,13,16)(H,14,15);1H. The Hall–Kier alpha value is -1.07. The highest BCUT2D eigenvalue weighted by Crippen LogP contribution is 2.07. The minimum atomic E-state index is 0. The molecule has 0 aromatic carbocycles. The summed E-state index contributed by atoms with van der Waals surface area (Å²) >= 11 is 0. The van der Waals surface area contributed by atoms with Gasteiger partial charge in [0.2, 0.25) is 5.91 Å². The molecule has 1 rings (SSSR count). The van der Waals surface area contributed by atoms with Crippen LogP contribution >= 0.6 is 12.4 Å². The van der Waals surface area contributed by atoms with Gasteiger partial charge >= 0.3 is 0 Å². The summed E-state index contributed by atoms with van der Waals surface area (Å²) in [6, 6.07) is 0.187. The Kier molecular flexibility index (Phi) is 6.83. The normalized spacial score (nSPS) is 10.2. The molecule has 3 N–H and O–H groups in total. The maximum Gasteiger partial charge on any atom is 0.234 e. The lowest BCUT2D eigenvalue weighted by Crippen LogP contribution is -2.37. The number of nitrogens with zero attached hydrogens (tertiary/aromatic N) is 1. The van der Waals surface area contributed by atoms with E-state index >= 15 is 0 Å². The molecule has 1 heterocycles. The molecule has 0 aliphatic rings. The van der Waals surface area contributed by atoms with Crippen molar-refractivity contribution in [1.29, 1.82) is 0 Å². The van der Waals surface area contributed by atoms with Crippen molar-refractivity contribution in [1.82, 2.24) is 20.8 Å². The van der Waals surface area contributed by atoms with Crippen molar-refractivity contribution in [3.63, 3.8) is 0 Å². The van der Waals surface area contributed by atoms with Gasteiger partial charge in [-0.3, -0.25) is 9.89 Å². The zero-order valence-electron chi connectivity index (χ0n) is 10.8. The van der Waals surface area contributed by atoms with Gasteiger partial charge in [-0.2, -0.15) is 5.10 Å². The third kappa shape index (κ3) is 5.19. The number of carbonyl (C=O) groups is 1. The molecule has 0 aliphatic carbocycles. The van der Waals surface area contributed by atoms with E-state index in [0.717, 1.165) is 17.0 Å². The van der Waals surface area contributed by atoms with Gasteiger partial charge in [0.05, 0.1) is 12.2 Å². The van der Waals surface area contributed by atoms with Crippen molar-refractivity contribution < 1.29 is 4.79 Å². The Labute approximate surface area is 108 Å². The fourth-order valence-electron chi connectivity index (χ4n) is 1.51. The Morgan fingerprint density at radius 2 is 2.06 bits per heavy atom. The summed E-state index contributed by atoms with van der Waals surface area (Å²) in [5, 5.41) is 12.9. The van der Waals surface area contributed by atoms with Gasteiger partial charge in [-0.1, -0.05) is 0 Å². The lowest BCUT2D eigenvalue weighted by molar-refractivity contribution is -0.120. The zero-order valence-corrected chi connectivity index (χ0v) is 11.6. The second kappa shape index (κ2) is 7.29. The molecule has 98 valence electrons. The molecule has 1 amide bonds. The topological polar surface area (TPSA) is 69.8 Å². The van der Waals surface area contributed by atoms with E-state index < -0.39 is 0 Å². The Morgan fingerprint density at radius 1 is 1.41 bits per heavy atom. The third-order valence-corrected chi connectivity index (χ3v) is 2.32. The highest BCUT2D eigenvalue weighted by molar-refractivity contribution is 5.85. The van der Waals surface area contributed by atoms with Crippen molar-refractivity contribution in [3.8, 4) is 0 Å². The lowest BCUT2D eigenvalue weighted by atomic mass is 10.2. The van der Waals surface area contributed by atoms with Crippen LogP contribution in [0.4, 0.5) is 0 Å². The molecule has 0 fully saturated rings. The van der Waals surface area contributed by atoms with E-state index in [1.807, 2.05) is 27.7 Å². The number of aromatic nitrogens is 2. The number of nitrogens with one attached hydrogen (secondary N) is 3. The van der Waals surface area contributed by atoms with Gasteiger partial charge in [-0.25, -0.2) is 0 Å². The first-order valence-corrected chi connectivity index (χ1v) is 5.51. The molecule has 0 atom stereocenters. The second-order valence-corrected chi connectivity index (χ2v) is 4.24. The van der Waals surface area contributed by atoms with Crippen LogP contribution in [0.25, 0.3) is 0 Å². The van der Waals surface area contributed by atoms with E-state index in [1.165, 1.54) is 0 Å². The van der Waals surface area contributed by atoms with Gasteiger partial charge in [-0.05, 0) is 27.7 Å². The molecule has 17 heavy (non-hydrogen) atoms. The minimum Gasteiger partial charge on any atom is -0.353 e. The van der Waals surface area contributed by atoms with Crippen LogP contribution in [0.1, 0.15) is 30.8 Å². The maximum atomic E-state index is 11.4. The fraction of sp³-hybridized carbons (Fsp3) is 0.636. The largest absolute Gasteiger partial charge is 0.353 e. The monoisotopic (exact) mass is 260 g/mol. The summed E-state index contributed by atoms with van der Waals surface area (Å²) in [6.07, 6.45) is 0. The van der Waals surface area contributed by atoms with E-state index in [2.05, 4.69) is 20.8 Å². The number of halogens is 1. The summed E-state index contributed by atoms with van der Waals surface area (Å²) in [7, 11) is 0. The number of carbonyl (C=O) groups excluding carboxylic acids is 1. The smallest absolute Gasteiger partial charge is 0.234 e. The third-order valence-electron chi connectivity index (χ3n) is 2.32. The van der Waals surface area contributed by atoms with Gasteiger partial charge in [0, 0.05) is 23.8 Å². The summed E-state index contributed by atoms with van der Waals surface area (Å²) in [5.74, 6) is 0.0220. The second-order valence-electron chi connectivity index (χ2n) is 4.24. The molecule has 1 aromatic rings. The summed E-state index contributed by atoms with van der Waals surface area (Å²) < 4.78 is 0. The van der Waals surface area contributed by atoms with E-state index in [1.54, 1.807) is 0 Å². The van der Waals surface area contributed by atoms with Gasteiger partial charge in [0.1, 0.15) is 0 Å². The average Bonchev–Trinajstić information content (AvgIpc) is 2.47. The van der Waals surface area contributed by atoms with Crippen molar-refractivity contribution in [3.05, 3.63) is 17.0 Å². The average molecular weight is 261 g/mol. The van der Waals surface area contributed by atoms with Crippen molar-refractivity contribution in [2.24, 2.45) is 0 Å². The zero-order chi connectivity index (χ0) is 12.1. The van der Waals surface area contributed by atoms with Crippen LogP contribution in [0.5, 0.6) is 0 Å². The molecule has 0 radical (unpaired) electrons. The molecule has 0 aliphatic heterocycles. The summed E-state index contributed by atoms with van der Waals surface area (Å²) in [5.41, 5.74) is 3.17. The van der Waals surface area contributed by atoms with Crippen LogP contribution in [0, 0.1) is 13.8 Å². The minimum absolute atomic E-state index is 0. The molecule has 6 heteroatoms. The predicted molar refractivity (Wildman–Crippen MR) is 70.3 cm³/mol. The van der Waals surface area contributed by atoms with Crippen molar-refractivity contribution in [2.75, 3.05) is 6.54 Å². The molecule has 0 saturated carbocycles. The molecular weight excluding hydrogens is 240 g/mol. The summed E-state index contributed by atoms with van der Waals surface area (Å²) in [4.78, 5) is 11.4. The molecule has 1 aromatic heterocycles. The van der Waals surface area contributed by atoms with Crippen LogP contribution in [-0.2, 0) is 11.3 Å². The first-order valence-electron chi connectivity index (χ1n) is 5.51. The number of amides is 1. The van der Waals surface area contributed by atoms with Crippen LogP contribution < -0.4 is 10.6 Å². The molecule has 0 spiro atoms. The maximum absolute atomic E-state index is 11.4. The molecule has 0 bridgehead atoms. The van der Waals surface area contributed by atoms with E-state index in [9.17, 15) is 4.79 Å². The predicted octanol–water partition coefficient (Wildman–Crippen LogP) is 1.06. The van der Waals surface area contributed by atoms with Crippen molar-refractivity contribution in [2.45, 2.75) is 40.3 Å². The van der Waals surface area contributed by atoms with E-state index in [0.29, 0.717) is 13.1 Å². The van der Waals surface area contributed by atoms with Gasteiger partial charge in [0.25, 0.3) is 0 Å². The Bertz CT molecular complexity index is 343. The van der Waals surface area contributed by atoms with Crippen LogP contribution in [0.2, 0.25) is 0 Å². The Balaban J connectivity index is 0.00000256.